The number of hydrogen-bond acceptors (Lipinski definition) is 2. The highest BCUT2D eigenvalue weighted by Gasteiger charge is 2.12. The first-order valence-electron chi connectivity index (χ1n) is 6.58. The minimum Gasteiger partial charge on any atom is -0.388 e. The highest BCUT2D eigenvalue weighted by atomic mass is 32.1. The van der Waals surface area contributed by atoms with E-state index in [0.717, 1.165) is 24.8 Å². The zero-order valence-electron chi connectivity index (χ0n) is 10.6. The van der Waals surface area contributed by atoms with Crippen molar-refractivity contribution in [3.05, 3.63) is 47.9 Å². The summed E-state index contributed by atoms with van der Waals surface area (Å²) in [6.45, 7) is 3.72. The average Bonchev–Trinajstić information content (AvgIpc) is 2.82. The van der Waals surface area contributed by atoms with E-state index in [4.69, 9.17) is 0 Å². The molecule has 2 aromatic rings. The van der Waals surface area contributed by atoms with Gasteiger partial charge in [0.05, 0.1) is 6.10 Å². The maximum atomic E-state index is 10.3. The average molecular weight is 260 g/mol. The van der Waals surface area contributed by atoms with Crippen LogP contribution in [0.25, 0.3) is 10.1 Å². The molecule has 0 saturated heterocycles. The standard InChI is InChI=1S/C16H20OS/c1-2-3-4-5-6-10-15(17)14-12-18-16-11-8-7-9-13(14)16/h2,7-9,11-12,15,17H,1,3-6,10H2. The molecule has 2 heteroatoms. The van der Waals surface area contributed by atoms with E-state index in [2.05, 4.69) is 24.1 Å². The summed E-state index contributed by atoms with van der Waals surface area (Å²) < 4.78 is 1.26. The van der Waals surface area contributed by atoms with E-state index >= 15 is 0 Å². The molecule has 0 bridgehead atoms. The van der Waals surface area contributed by atoms with Gasteiger partial charge in [0.15, 0.2) is 0 Å². The third-order valence-electron chi connectivity index (χ3n) is 3.26. The fourth-order valence-electron chi connectivity index (χ4n) is 2.22. The Bertz CT molecular complexity index is 501. The van der Waals surface area contributed by atoms with Crippen LogP contribution in [0.3, 0.4) is 0 Å². The summed E-state index contributed by atoms with van der Waals surface area (Å²) in [5.74, 6) is 0. The number of rotatable bonds is 7. The second-order valence-corrected chi connectivity index (χ2v) is 5.54. The van der Waals surface area contributed by atoms with E-state index in [1.807, 2.05) is 18.2 Å². The molecule has 0 saturated carbocycles. The van der Waals surface area contributed by atoms with Gasteiger partial charge in [0, 0.05) is 4.70 Å². The van der Waals surface area contributed by atoms with Gasteiger partial charge in [-0.15, -0.1) is 17.9 Å². The molecular formula is C16H20OS. The number of fused-ring (bicyclic) bond motifs is 1. The lowest BCUT2D eigenvalue weighted by Crippen LogP contribution is -1.96. The zero-order valence-corrected chi connectivity index (χ0v) is 11.5. The summed E-state index contributed by atoms with van der Waals surface area (Å²) in [6, 6.07) is 8.29. The lowest BCUT2D eigenvalue weighted by Gasteiger charge is -2.09. The molecule has 1 aromatic heterocycles. The lowest BCUT2D eigenvalue weighted by molar-refractivity contribution is 0.165. The molecule has 1 heterocycles. The summed E-state index contributed by atoms with van der Waals surface area (Å²) in [5.41, 5.74) is 1.10. The Hall–Kier alpha value is -1.12. The molecule has 96 valence electrons. The second kappa shape index (κ2) is 6.72. The molecule has 1 nitrogen and oxygen atoms in total. The van der Waals surface area contributed by atoms with Crippen LogP contribution in [0, 0.1) is 0 Å². The SMILES string of the molecule is C=CCCCCCC(O)c1csc2ccccc12. The molecule has 0 aliphatic heterocycles. The van der Waals surface area contributed by atoms with Crippen molar-refractivity contribution in [3.63, 3.8) is 0 Å². The second-order valence-electron chi connectivity index (χ2n) is 4.63. The van der Waals surface area contributed by atoms with Crippen LogP contribution in [0.2, 0.25) is 0 Å². The van der Waals surface area contributed by atoms with Crippen LogP contribution >= 0.6 is 11.3 Å². The monoisotopic (exact) mass is 260 g/mol. The number of unbranched alkanes of at least 4 members (excludes halogenated alkanes) is 3. The van der Waals surface area contributed by atoms with E-state index < -0.39 is 0 Å². The Labute approximate surface area is 113 Å². The summed E-state index contributed by atoms with van der Waals surface area (Å²) in [5, 5.41) is 13.6. The summed E-state index contributed by atoms with van der Waals surface area (Å²) in [6.07, 6.45) is 7.02. The first kappa shape index (κ1) is 13.3. The first-order valence-corrected chi connectivity index (χ1v) is 7.46. The molecule has 0 aliphatic rings. The fourth-order valence-corrected chi connectivity index (χ4v) is 3.22. The van der Waals surface area contributed by atoms with Crippen molar-refractivity contribution in [3.8, 4) is 0 Å². The number of allylic oxidation sites excluding steroid dienone is 1. The van der Waals surface area contributed by atoms with E-state index in [1.54, 1.807) is 11.3 Å². The number of hydrogen-bond donors (Lipinski definition) is 1. The van der Waals surface area contributed by atoms with Crippen LogP contribution in [0.5, 0.6) is 0 Å². The quantitative estimate of drug-likeness (QED) is 0.544. The van der Waals surface area contributed by atoms with Gasteiger partial charge in [-0.3, -0.25) is 0 Å². The smallest absolute Gasteiger partial charge is 0.0804 e. The molecule has 0 spiro atoms. The Morgan fingerprint density at radius 1 is 1.22 bits per heavy atom. The molecule has 0 amide bonds. The Morgan fingerprint density at radius 3 is 2.89 bits per heavy atom. The van der Waals surface area contributed by atoms with Crippen LogP contribution in [-0.4, -0.2) is 5.11 Å². The molecule has 0 radical (unpaired) electrons. The zero-order chi connectivity index (χ0) is 12.8. The number of aliphatic hydroxyl groups excluding tert-OH is 1. The van der Waals surface area contributed by atoms with Gasteiger partial charge in [-0.25, -0.2) is 0 Å². The van der Waals surface area contributed by atoms with Crippen molar-refractivity contribution < 1.29 is 5.11 Å². The molecule has 0 aliphatic carbocycles. The summed E-state index contributed by atoms with van der Waals surface area (Å²) in [4.78, 5) is 0. The van der Waals surface area contributed by atoms with Gasteiger partial charge < -0.3 is 5.11 Å². The maximum Gasteiger partial charge on any atom is 0.0804 e. The third-order valence-corrected chi connectivity index (χ3v) is 4.24. The molecule has 0 fully saturated rings. The van der Waals surface area contributed by atoms with Crippen LogP contribution < -0.4 is 0 Å². The van der Waals surface area contributed by atoms with E-state index in [0.29, 0.717) is 0 Å². The summed E-state index contributed by atoms with van der Waals surface area (Å²) in [7, 11) is 0. The number of benzene rings is 1. The van der Waals surface area contributed by atoms with Crippen molar-refractivity contribution >= 4 is 21.4 Å². The highest BCUT2D eigenvalue weighted by molar-refractivity contribution is 7.17. The van der Waals surface area contributed by atoms with E-state index in [-0.39, 0.29) is 6.10 Å². The van der Waals surface area contributed by atoms with Crippen LogP contribution in [0.15, 0.2) is 42.3 Å². The molecule has 1 atom stereocenters. The minimum absolute atomic E-state index is 0.315. The van der Waals surface area contributed by atoms with Gasteiger partial charge in [0.1, 0.15) is 0 Å². The topological polar surface area (TPSA) is 20.2 Å². The maximum absolute atomic E-state index is 10.3. The third kappa shape index (κ3) is 3.21. The van der Waals surface area contributed by atoms with Crippen molar-refractivity contribution in [1.29, 1.82) is 0 Å². The first-order chi connectivity index (χ1) is 8.83. The van der Waals surface area contributed by atoms with Crippen LogP contribution in [-0.2, 0) is 0 Å². The van der Waals surface area contributed by atoms with Crippen LogP contribution in [0.1, 0.15) is 43.8 Å². The van der Waals surface area contributed by atoms with Gasteiger partial charge in [0.25, 0.3) is 0 Å². The van der Waals surface area contributed by atoms with Gasteiger partial charge in [-0.1, -0.05) is 37.1 Å². The lowest BCUT2D eigenvalue weighted by atomic mass is 10.0. The van der Waals surface area contributed by atoms with Gasteiger partial charge in [-0.2, -0.15) is 0 Å². The largest absolute Gasteiger partial charge is 0.388 e. The molecule has 2 rings (SSSR count). The number of thiophene rings is 1. The minimum atomic E-state index is -0.315. The fraction of sp³-hybridized carbons (Fsp3) is 0.375. The molecule has 1 N–H and O–H groups in total. The van der Waals surface area contributed by atoms with Crippen molar-refractivity contribution in [2.75, 3.05) is 0 Å². The Kier molecular flexibility index (Phi) is 4.97. The molecule has 18 heavy (non-hydrogen) atoms. The highest BCUT2D eigenvalue weighted by Crippen LogP contribution is 2.32. The van der Waals surface area contributed by atoms with E-state index in [9.17, 15) is 5.11 Å². The predicted molar refractivity (Wildman–Crippen MR) is 80.1 cm³/mol. The molecular weight excluding hydrogens is 240 g/mol. The Balaban J connectivity index is 1.92. The molecule has 1 unspecified atom stereocenters. The van der Waals surface area contributed by atoms with Crippen molar-refractivity contribution in [2.45, 2.75) is 38.2 Å². The van der Waals surface area contributed by atoms with Crippen molar-refractivity contribution in [1.82, 2.24) is 0 Å². The number of aliphatic hydroxyl groups is 1. The summed E-state index contributed by atoms with van der Waals surface area (Å²) >= 11 is 1.72. The van der Waals surface area contributed by atoms with Gasteiger partial charge >= 0.3 is 0 Å². The molecule has 1 aromatic carbocycles. The Morgan fingerprint density at radius 2 is 2.06 bits per heavy atom. The predicted octanol–water partition coefficient (Wildman–Crippen LogP) is 5.07. The van der Waals surface area contributed by atoms with E-state index in [1.165, 1.54) is 22.9 Å². The van der Waals surface area contributed by atoms with Crippen molar-refractivity contribution in [2.24, 2.45) is 0 Å². The normalized spacial score (nSPS) is 12.7. The van der Waals surface area contributed by atoms with Gasteiger partial charge in [0.2, 0.25) is 0 Å². The van der Waals surface area contributed by atoms with Gasteiger partial charge in [-0.05, 0) is 41.7 Å². The van der Waals surface area contributed by atoms with Crippen LogP contribution in [0.4, 0.5) is 0 Å².